The number of nitrogens with one attached hydrogen (secondary N) is 1. The Morgan fingerprint density at radius 1 is 1.08 bits per heavy atom. The number of carbonyl (C=O) groups excluding carboxylic acids is 4. The minimum absolute atomic E-state index is 0.0786. The molecule has 1 N–H and O–H groups in total. The van der Waals surface area contributed by atoms with Crippen molar-refractivity contribution in [2.75, 3.05) is 0 Å². The highest BCUT2D eigenvalue weighted by atomic mass is 79.9. The molecule has 3 amide bonds. The van der Waals surface area contributed by atoms with E-state index in [9.17, 15) is 41.1 Å². The summed E-state index contributed by atoms with van der Waals surface area (Å²) in [6.45, 7) is 0.0960. The molecule has 2 aromatic carbocycles. The Morgan fingerprint density at radius 3 is 2.46 bits per heavy atom. The molecule has 13 heteroatoms. The van der Waals surface area contributed by atoms with Crippen LogP contribution >= 0.6 is 15.9 Å². The first-order valence-electron chi connectivity index (χ1n) is 11.0. The fraction of sp³-hybridized carbons (Fsp3) is 0.333. The Hall–Kier alpha value is -3.35. The molecule has 4 rings (SSSR count). The number of benzene rings is 2. The summed E-state index contributed by atoms with van der Waals surface area (Å²) in [5.41, 5.74) is 0.626. The number of piperidine rings is 1. The first kappa shape index (κ1) is 26.7. The normalized spacial score (nSPS) is 18.1. The second kappa shape index (κ2) is 9.84. The van der Waals surface area contributed by atoms with Gasteiger partial charge in [0.05, 0.1) is 4.47 Å². The van der Waals surface area contributed by atoms with Gasteiger partial charge in [0.15, 0.2) is 0 Å². The summed E-state index contributed by atoms with van der Waals surface area (Å²) in [6, 6.07) is 5.91. The largest absolute Gasteiger partial charge is 0.573 e. The zero-order chi connectivity index (χ0) is 27.1. The summed E-state index contributed by atoms with van der Waals surface area (Å²) in [7, 11) is 0. The molecule has 37 heavy (non-hydrogen) atoms. The molecule has 2 heterocycles. The van der Waals surface area contributed by atoms with Gasteiger partial charge in [0, 0.05) is 30.5 Å². The molecule has 2 aliphatic heterocycles. The molecular weight excluding hydrogens is 571 g/mol. The molecule has 0 aromatic heterocycles. The highest BCUT2D eigenvalue weighted by Gasteiger charge is 2.42. The summed E-state index contributed by atoms with van der Waals surface area (Å²) in [4.78, 5) is 50.0. The van der Waals surface area contributed by atoms with Crippen LogP contribution in [-0.2, 0) is 33.3 Å². The van der Waals surface area contributed by atoms with Crippen LogP contribution in [0.25, 0.3) is 0 Å². The van der Waals surface area contributed by atoms with E-state index in [2.05, 4.69) is 26.0 Å². The number of amides is 3. The number of hydrogen-bond donors (Lipinski definition) is 1. The van der Waals surface area contributed by atoms with Gasteiger partial charge in [-0.3, -0.25) is 24.5 Å². The van der Waals surface area contributed by atoms with Crippen molar-refractivity contribution in [2.24, 2.45) is 0 Å². The smallest absolute Gasteiger partial charge is 0.405 e. The van der Waals surface area contributed by atoms with Crippen molar-refractivity contribution in [1.29, 1.82) is 0 Å². The van der Waals surface area contributed by atoms with Gasteiger partial charge < -0.3 is 9.64 Å². The van der Waals surface area contributed by atoms with Gasteiger partial charge in [-0.15, -0.1) is 13.2 Å². The Kier molecular flexibility index (Phi) is 7.10. The van der Waals surface area contributed by atoms with E-state index < -0.39 is 58.1 Å². The van der Waals surface area contributed by atoms with Crippen molar-refractivity contribution in [1.82, 2.24) is 10.2 Å². The van der Waals surface area contributed by atoms with E-state index in [1.807, 2.05) is 0 Å². The minimum Gasteiger partial charge on any atom is -0.405 e. The van der Waals surface area contributed by atoms with E-state index in [-0.39, 0.29) is 31.7 Å². The van der Waals surface area contributed by atoms with E-state index in [1.54, 1.807) is 6.07 Å². The van der Waals surface area contributed by atoms with Gasteiger partial charge in [-0.25, -0.2) is 0 Å². The summed E-state index contributed by atoms with van der Waals surface area (Å²) in [6.07, 6.45) is -5.37. The number of hydrogen-bond acceptors (Lipinski definition) is 5. The molecule has 1 saturated heterocycles. The van der Waals surface area contributed by atoms with Crippen LogP contribution in [0.2, 0.25) is 0 Å². The Bertz CT molecular complexity index is 1300. The maximum absolute atomic E-state index is 14.7. The van der Waals surface area contributed by atoms with Crippen LogP contribution in [0.4, 0.5) is 22.0 Å². The number of ketones is 1. The van der Waals surface area contributed by atoms with Gasteiger partial charge in [-0.1, -0.05) is 12.1 Å². The molecule has 2 aromatic rings. The molecule has 0 saturated carbocycles. The molecule has 7 nitrogen and oxygen atoms in total. The second-order valence-electron chi connectivity index (χ2n) is 8.58. The number of Topliss-reactive ketones (excluding diaryl/α,β-unsaturated/α-hetero) is 1. The van der Waals surface area contributed by atoms with Gasteiger partial charge in [0.2, 0.25) is 17.6 Å². The molecule has 0 aliphatic carbocycles. The number of halogens is 6. The van der Waals surface area contributed by atoms with Crippen molar-refractivity contribution in [2.45, 2.75) is 50.6 Å². The van der Waals surface area contributed by atoms with Crippen LogP contribution in [0.15, 0.2) is 40.9 Å². The summed E-state index contributed by atoms with van der Waals surface area (Å²) in [5.74, 6) is -7.48. The zero-order valence-electron chi connectivity index (χ0n) is 18.8. The van der Waals surface area contributed by atoms with Crippen LogP contribution in [0.5, 0.6) is 5.75 Å². The van der Waals surface area contributed by atoms with Crippen LogP contribution in [0.1, 0.15) is 46.3 Å². The van der Waals surface area contributed by atoms with E-state index >= 15 is 0 Å². The Morgan fingerprint density at radius 2 is 1.81 bits per heavy atom. The predicted molar refractivity (Wildman–Crippen MR) is 121 cm³/mol. The number of rotatable bonds is 7. The van der Waals surface area contributed by atoms with Crippen molar-refractivity contribution in [3.63, 3.8) is 0 Å². The van der Waals surface area contributed by atoms with E-state index in [0.717, 1.165) is 0 Å². The number of nitrogens with zero attached hydrogens (tertiary/aromatic N) is 1. The molecule has 1 atom stereocenters. The first-order chi connectivity index (χ1) is 17.3. The van der Waals surface area contributed by atoms with Crippen LogP contribution in [0, 0.1) is 0 Å². The maximum Gasteiger partial charge on any atom is 0.573 e. The van der Waals surface area contributed by atoms with Gasteiger partial charge in [-0.2, -0.15) is 8.78 Å². The van der Waals surface area contributed by atoms with Gasteiger partial charge >= 0.3 is 12.3 Å². The standard InChI is InChI=1S/C24H18BrF5N2O5/c25-16-10-14(3-6-18(16)37-24(28,29)30)23(26,27)19(33)7-2-12-1-4-15-13(9-12)11-32(22(15)36)17-5-8-20(34)31-21(17)35/h1,3-4,6,9-10,17H,2,5,7-8,11H2,(H,31,34,35). The lowest BCUT2D eigenvalue weighted by atomic mass is 9.97. The highest BCUT2D eigenvalue weighted by Crippen LogP contribution is 2.37. The lowest BCUT2D eigenvalue weighted by molar-refractivity contribution is -0.274. The topological polar surface area (TPSA) is 92.8 Å². The fourth-order valence-electron chi connectivity index (χ4n) is 4.26. The average Bonchev–Trinajstić information content (AvgIpc) is 3.13. The number of carbonyl (C=O) groups is 4. The van der Waals surface area contributed by atoms with Gasteiger partial charge in [-0.05, 0) is 64.2 Å². The third-order valence-corrected chi connectivity index (χ3v) is 6.72. The van der Waals surface area contributed by atoms with Crippen molar-refractivity contribution < 1.29 is 45.9 Å². The summed E-state index contributed by atoms with van der Waals surface area (Å²) in [5, 5.41) is 2.20. The maximum atomic E-state index is 14.7. The molecule has 196 valence electrons. The Labute approximate surface area is 215 Å². The third-order valence-electron chi connectivity index (χ3n) is 6.10. The first-order valence-corrected chi connectivity index (χ1v) is 11.8. The molecule has 0 bridgehead atoms. The Balaban J connectivity index is 1.42. The van der Waals surface area contributed by atoms with Crippen LogP contribution in [-0.4, -0.2) is 40.8 Å². The highest BCUT2D eigenvalue weighted by molar-refractivity contribution is 9.10. The lowest BCUT2D eigenvalue weighted by Gasteiger charge is -2.29. The average molecular weight is 589 g/mol. The monoisotopic (exact) mass is 588 g/mol. The number of alkyl halides is 5. The quantitative estimate of drug-likeness (QED) is 0.382. The van der Waals surface area contributed by atoms with Crippen molar-refractivity contribution in [3.05, 3.63) is 63.1 Å². The molecule has 1 unspecified atom stereocenters. The molecular formula is C24H18BrF5N2O5. The van der Waals surface area contributed by atoms with Crippen LogP contribution in [0.3, 0.4) is 0 Å². The molecule has 0 radical (unpaired) electrons. The number of imide groups is 1. The lowest BCUT2D eigenvalue weighted by Crippen LogP contribution is -2.52. The SMILES string of the molecule is O=C1CCC(N2Cc3cc(CCC(=O)C(F)(F)c4ccc(OC(F)(F)F)c(Br)c4)ccc3C2=O)C(=O)N1. The van der Waals surface area contributed by atoms with Crippen LogP contribution < -0.4 is 10.1 Å². The number of aryl methyl sites for hydroxylation is 1. The molecule has 0 spiro atoms. The van der Waals surface area contributed by atoms with Gasteiger partial charge in [0.1, 0.15) is 11.8 Å². The fourth-order valence-corrected chi connectivity index (χ4v) is 4.72. The zero-order valence-corrected chi connectivity index (χ0v) is 20.4. The molecule has 1 fully saturated rings. The van der Waals surface area contributed by atoms with E-state index in [1.165, 1.54) is 17.0 Å². The van der Waals surface area contributed by atoms with E-state index in [0.29, 0.717) is 34.9 Å². The van der Waals surface area contributed by atoms with Gasteiger partial charge in [0.25, 0.3) is 5.91 Å². The second-order valence-corrected chi connectivity index (χ2v) is 9.44. The number of fused-ring (bicyclic) bond motifs is 1. The van der Waals surface area contributed by atoms with Crippen molar-refractivity contribution in [3.8, 4) is 5.75 Å². The number of ether oxygens (including phenoxy) is 1. The summed E-state index contributed by atoms with van der Waals surface area (Å²) < 4.78 is 70.0. The molecule has 2 aliphatic rings. The third kappa shape index (κ3) is 5.65. The summed E-state index contributed by atoms with van der Waals surface area (Å²) >= 11 is 2.75. The predicted octanol–water partition coefficient (Wildman–Crippen LogP) is 4.40. The van der Waals surface area contributed by atoms with Crippen molar-refractivity contribution >= 4 is 39.4 Å². The van der Waals surface area contributed by atoms with E-state index in [4.69, 9.17) is 0 Å². The minimum atomic E-state index is -5.01.